The molecule has 2 aromatic rings. The highest BCUT2D eigenvalue weighted by atomic mass is 32.1. The minimum Gasteiger partial charge on any atom is -0.389 e. The van der Waals surface area contributed by atoms with Gasteiger partial charge in [-0.15, -0.1) is 11.3 Å². The molecule has 0 saturated heterocycles. The molecule has 0 amide bonds. The summed E-state index contributed by atoms with van der Waals surface area (Å²) in [5.41, 5.74) is 3.42. The SMILES string of the molecule is Cc1cccc(-c2sc(CO)nc2C)c1. The molecule has 1 N–H and O–H groups in total. The number of rotatable bonds is 2. The zero-order valence-corrected chi connectivity index (χ0v) is 9.64. The molecular weight excluding hydrogens is 206 g/mol. The van der Waals surface area contributed by atoms with Gasteiger partial charge in [-0.05, 0) is 19.4 Å². The molecule has 0 unspecified atom stereocenters. The van der Waals surface area contributed by atoms with E-state index in [4.69, 9.17) is 5.11 Å². The molecule has 0 radical (unpaired) electrons. The van der Waals surface area contributed by atoms with E-state index in [1.807, 2.05) is 13.0 Å². The Hall–Kier alpha value is -1.19. The molecule has 1 aromatic carbocycles. The van der Waals surface area contributed by atoms with Gasteiger partial charge in [0.2, 0.25) is 0 Å². The van der Waals surface area contributed by atoms with Crippen LogP contribution >= 0.6 is 11.3 Å². The Kier molecular flexibility index (Phi) is 2.84. The van der Waals surface area contributed by atoms with Crippen LogP contribution in [0.1, 0.15) is 16.3 Å². The summed E-state index contributed by atoms with van der Waals surface area (Å²) in [6, 6.07) is 8.34. The fourth-order valence-electron chi connectivity index (χ4n) is 1.57. The number of aliphatic hydroxyl groups excluding tert-OH is 1. The second kappa shape index (κ2) is 4.13. The van der Waals surface area contributed by atoms with E-state index in [0.717, 1.165) is 15.6 Å². The highest BCUT2D eigenvalue weighted by Crippen LogP contribution is 2.30. The molecule has 0 atom stereocenters. The number of aliphatic hydroxyl groups is 1. The summed E-state index contributed by atoms with van der Waals surface area (Å²) in [4.78, 5) is 5.46. The van der Waals surface area contributed by atoms with Gasteiger partial charge in [-0.25, -0.2) is 4.98 Å². The minimum absolute atomic E-state index is 0.0251. The standard InChI is InChI=1S/C12H13NOS/c1-8-4-3-5-10(6-8)12-9(2)13-11(7-14)15-12/h3-6,14H,7H2,1-2H3. The molecule has 0 aliphatic carbocycles. The highest BCUT2D eigenvalue weighted by molar-refractivity contribution is 7.15. The molecular formula is C12H13NOS. The number of benzene rings is 1. The van der Waals surface area contributed by atoms with Gasteiger partial charge in [-0.3, -0.25) is 0 Å². The van der Waals surface area contributed by atoms with Gasteiger partial charge in [0.25, 0.3) is 0 Å². The molecule has 0 saturated carbocycles. The maximum atomic E-state index is 9.02. The van der Waals surface area contributed by atoms with E-state index >= 15 is 0 Å². The second-order valence-electron chi connectivity index (χ2n) is 3.55. The molecule has 78 valence electrons. The molecule has 1 aromatic heterocycles. The molecule has 0 aliphatic heterocycles. The van der Waals surface area contributed by atoms with Gasteiger partial charge < -0.3 is 5.11 Å². The van der Waals surface area contributed by atoms with Gasteiger partial charge in [-0.2, -0.15) is 0 Å². The molecule has 1 heterocycles. The molecule has 15 heavy (non-hydrogen) atoms. The van der Waals surface area contributed by atoms with Crippen molar-refractivity contribution in [3.8, 4) is 10.4 Å². The Labute approximate surface area is 93.2 Å². The van der Waals surface area contributed by atoms with Crippen molar-refractivity contribution in [2.75, 3.05) is 0 Å². The van der Waals surface area contributed by atoms with Crippen LogP contribution in [-0.4, -0.2) is 10.1 Å². The van der Waals surface area contributed by atoms with E-state index in [2.05, 4.69) is 30.1 Å². The first-order valence-electron chi connectivity index (χ1n) is 4.85. The van der Waals surface area contributed by atoms with Gasteiger partial charge >= 0.3 is 0 Å². The average molecular weight is 219 g/mol. The Balaban J connectivity index is 2.48. The van der Waals surface area contributed by atoms with Crippen LogP contribution in [0, 0.1) is 13.8 Å². The van der Waals surface area contributed by atoms with E-state index < -0.39 is 0 Å². The molecule has 2 rings (SSSR count). The third kappa shape index (κ3) is 2.08. The van der Waals surface area contributed by atoms with Crippen LogP contribution in [0.2, 0.25) is 0 Å². The summed E-state index contributed by atoms with van der Waals surface area (Å²) in [7, 11) is 0. The Morgan fingerprint density at radius 2 is 2.13 bits per heavy atom. The van der Waals surface area contributed by atoms with Gasteiger partial charge in [0.05, 0.1) is 17.2 Å². The lowest BCUT2D eigenvalue weighted by Gasteiger charge is -1.99. The van der Waals surface area contributed by atoms with Crippen molar-refractivity contribution in [1.29, 1.82) is 0 Å². The normalized spacial score (nSPS) is 10.6. The number of thiazole rings is 1. The fraction of sp³-hybridized carbons (Fsp3) is 0.250. The molecule has 0 aliphatic rings. The monoisotopic (exact) mass is 219 g/mol. The number of hydrogen-bond donors (Lipinski definition) is 1. The van der Waals surface area contributed by atoms with Crippen molar-refractivity contribution in [2.24, 2.45) is 0 Å². The number of nitrogens with zero attached hydrogens (tertiary/aromatic N) is 1. The molecule has 0 fully saturated rings. The fourth-order valence-corrected chi connectivity index (χ4v) is 2.49. The highest BCUT2D eigenvalue weighted by Gasteiger charge is 2.08. The Bertz CT molecular complexity index is 476. The smallest absolute Gasteiger partial charge is 0.119 e. The zero-order chi connectivity index (χ0) is 10.8. The first-order valence-corrected chi connectivity index (χ1v) is 5.66. The summed E-state index contributed by atoms with van der Waals surface area (Å²) in [5, 5.41) is 9.81. The van der Waals surface area contributed by atoms with Crippen molar-refractivity contribution in [3.63, 3.8) is 0 Å². The van der Waals surface area contributed by atoms with Crippen LogP contribution in [0.3, 0.4) is 0 Å². The largest absolute Gasteiger partial charge is 0.389 e. The maximum absolute atomic E-state index is 9.02. The van der Waals surface area contributed by atoms with Crippen LogP contribution < -0.4 is 0 Å². The number of aryl methyl sites for hydroxylation is 2. The second-order valence-corrected chi connectivity index (χ2v) is 4.63. The van der Waals surface area contributed by atoms with Crippen LogP contribution in [0.15, 0.2) is 24.3 Å². The van der Waals surface area contributed by atoms with Crippen molar-refractivity contribution in [1.82, 2.24) is 4.98 Å². The summed E-state index contributed by atoms with van der Waals surface area (Å²) in [6.45, 7) is 4.08. The third-order valence-corrected chi connectivity index (χ3v) is 3.45. The van der Waals surface area contributed by atoms with Crippen molar-refractivity contribution in [3.05, 3.63) is 40.5 Å². The number of hydrogen-bond acceptors (Lipinski definition) is 3. The van der Waals surface area contributed by atoms with Crippen LogP contribution in [0.5, 0.6) is 0 Å². The van der Waals surface area contributed by atoms with Gasteiger partial charge in [-0.1, -0.05) is 29.8 Å². The number of aromatic nitrogens is 1. The van der Waals surface area contributed by atoms with E-state index in [9.17, 15) is 0 Å². The lowest BCUT2D eigenvalue weighted by atomic mass is 10.1. The van der Waals surface area contributed by atoms with Crippen LogP contribution in [0.25, 0.3) is 10.4 Å². The maximum Gasteiger partial charge on any atom is 0.119 e. The predicted octanol–water partition coefficient (Wildman–Crippen LogP) is 2.92. The summed E-state index contributed by atoms with van der Waals surface area (Å²) in [5.74, 6) is 0. The van der Waals surface area contributed by atoms with Crippen molar-refractivity contribution < 1.29 is 5.11 Å². The zero-order valence-electron chi connectivity index (χ0n) is 8.82. The first kappa shape index (κ1) is 10.3. The average Bonchev–Trinajstić information content (AvgIpc) is 2.60. The van der Waals surface area contributed by atoms with Gasteiger partial charge in [0.15, 0.2) is 0 Å². The lowest BCUT2D eigenvalue weighted by Crippen LogP contribution is -1.80. The Morgan fingerprint density at radius 1 is 1.33 bits per heavy atom. The predicted molar refractivity (Wildman–Crippen MR) is 62.9 cm³/mol. The van der Waals surface area contributed by atoms with Crippen molar-refractivity contribution in [2.45, 2.75) is 20.5 Å². The van der Waals surface area contributed by atoms with Gasteiger partial charge in [0.1, 0.15) is 5.01 Å². The summed E-state index contributed by atoms with van der Waals surface area (Å²) < 4.78 is 0. The molecule has 3 heteroatoms. The van der Waals surface area contributed by atoms with Gasteiger partial charge in [0, 0.05) is 0 Å². The minimum atomic E-state index is 0.0251. The topological polar surface area (TPSA) is 33.1 Å². The first-order chi connectivity index (χ1) is 7.20. The summed E-state index contributed by atoms with van der Waals surface area (Å²) >= 11 is 1.56. The quantitative estimate of drug-likeness (QED) is 0.842. The van der Waals surface area contributed by atoms with E-state index in [0.29, 0.717) is 0 Å². The lowest BCUT2D eigenvalue weighted by molar-refractivity contribution is 0.281. The van der Waals surface area contributed by atoms with Crippen LogP contribution in [-0.2, 0) is 6.61 Å². The van der Waals surface area contributed by atoms with E-state index in [1.54, 1.807) is 11.3 Å². The van der Waals surface area contributed by atoms with E-state index in [1.165, 1.54) is 11.1 Å². The Morgan fingerprint density at radius 3 is 2.73 bits per heavy atom. The van der Waals surface area contributed by atoms with E-state index in [-0.39, 0.29) is 6.61 Å². The van der Waals surface area contributed by atoms with Crippen LogP contribution in [0.4, 0.5) is 0 Å². The van der Waals surface area contributed by atoms with Crippen molar-refractivity contribution >= 4 is 11.3 Å². The molecule has 0 spiro atoms. The third-order valence-electron chi connectivity index (χ3n) is 2.26. The molecule has 0 bridgehead atoms. The summed E-state index contributed by atoms with van der Waals surface area (Å²) in [6.07, 6.45) is 0. The molecule has 2 nitrogen and oxygen atoms in total.